The molecule has 0 saturated carbocycles. The molecule has 24 heavy (non-hydrogen) atoms. The second-order valence-corrected chi connectivity index (χ2v) is 7.80. The number of benzene rings is 1. The van der Waals surface area contributed by atoms with Gasteiger partial charge in [0.25, 0.3) is 5.91 Å². The van der Waals surface area contributed by atoms with Crippen LogP contribution in [0.1, 0.15) is 12.8 Å². The zero-order valence-corrected chi connectivity index (χ0v) is 14.5. The first kappa shape index (κ1) is 17.0. The van der Waals surface area contributed by atoms with Crippen molar-refractivity contribution in [3.63, 3.8) is 0 Å². The van der Waals surface area contributed by atoms with Crippen molar-refractivity contribution >= 4 is 21.6 Å². The lowest BCUT2D eigenvalue weighted by Crippen LogP contribution is -2.44. The lowest BCUT2D eigenvalue weighted by atomic mass is 10.1. The Kier molecular flexibility index (Phi) is 4.66. The Hall–Kier alpha value is -1.84. The molecule has 1 aromatic rings. The van der Waals surface area contributed by atoms with Crippen molar-refractivity contribution < 1.29 is 22.7 Å². The maximum atomic E-state index is 13.0. The number of anilines is 1. The van der Waals surface area contributed by atoms with Gasteiger partial charge in [-0.25, -0.2) is 8.42 Å². The van der Waals surface area contributed by atoms with Crippen molar-refractivity contribution in [1.82, 2.24) is 9.62 Å². The molecular weight excluding hydrogens is 334 g/mol. The molecule has 2 heterocycles. The number of nitrogens with one attached hydrogen (secondary N) is 2. The summed E-state index contributed by atoms with van der Waals surface area (Å²) >= 11 is 0. The largest absolute Gasteiger partial charge is 0.495 e. The zero-order valence-electron chi connectivity index (χ0n) is 13.7. The summed E-state index contributed by atoms with van der Waals surface area (Å²) in [6.45, 7) is 1.45. The molecule has 2 N–H and O–H groups in total. The van der Waals surface area contributed by atoms with Crippen LogP contribution in [0, 0.1) is 0 Å². The van der Waals surface area contributed by atoms with Crippen LogP contribution in [0.2, 0.25) is 0 Å². The van der Waals surface area contributed by atoms with Gasteiger partial charge in [-0.15, -0.1) is 0 Å². The Labute approximate surface area is 141 Å². The number of ether oxygens (including phenoxy) is 2. The number of nitrogens with zero attached hydrogens (tertiary/aromatic N) is 1. The van der Waals surface area contributed by atoms with Crippen LogP contribution in [0.25, 0.3) is 0 Å². The van der Waals surface area contributed by atoms with E-state index in [1.165, 1.54) is 23.5 Å². The van der Waals surface area contributed by atoms with Crippen molar-refractivity contribution in [2.45, 2.75) is 23.8 Å². The Morgan fingerprint density at radius 2 is 2.00 bits per heavy atom. The number of amides is 1. The molecule has 1 aromatic carbocycles. The van der Waals surface area contributed by atoms with Crippen molar-refractivity contribution in [2.75, 3.05) is 39.2 Å². The molecule has 0 spiro atoms. The van der Waals surface area contributed by atoms with E-state index in [9.17, 15) is 13.2 Å². The first-order valence-corrected chi connectivity index (χ1v) is 9.21. The lowest BCUT2D eigenvalue weighted by molar-refractivity contribution is -0.118. The van der Waals surface area contributed by atoms with Gasteiger partial charge in [0.1, 0.15) is 16.4 Å². The maximum Gasteiger partial charge on any atom is 0.262 e. The van der Waals surface area contributed by atoms with Crippen LogP contribution >= 0.6 is 0 Å². The highest BCUT2D eigenvalue weighted by Gasteiger charge is 2.33. The average Bonchev–Trinajstić information content (AvgIpc) is 2.60. The summed E-state index contributed by atoms with van der Waals surface area (Å²) < 4.78 is 38.1. The third-order valence-electron chi connectivity index (χ3n) is 4.38. The fourth-order valence-corrected chi connectivity index (χ4v) is 4.54. The number of carbonyl (C=O) groups excluding carboxylic acids is 1. The molecule has 132 valence electrons. The smallest absolute Gasteiger partial charge is 0.262 e. The zero-order chi connectivity index (χ0) is 17.3. The molecule has 2 aliphatic heterocycles. The van der Waals surface area contributed by atoms with E-state index in [1.807, 2.05) is 0 Å². The van der Waals surface area contributed by atoms with E-state index < -0.39 is 10.0 Å². The molecule has 0 aromatic heterocycles. The molecule has 1 saturated heterocycles. The molecule has 1 amide bonds. The maximum absolute atomic E-state index is 13.0. The van der Waals surface area contributed by atoms with Gasteiger partial charge in [0.15, 0.2) is 6.61 Å². The van der Waals surface area contributed by atoms with Gasteiger partial charge in [0.05, 0.1) is 12.8 Å². The van der Waals surface area contributed by atoms with Gasteiger partial charge in [0, 0.05) is 25.2 Å². The van der Waals surface area contributed by atoms with E-state index in [0.29, 0.717) is 11.4 Å². The minimum absolute atomic E-state index is 0.0425. The highest BCUT2D eigenvalue weighted by atomic mass is 32.2. The summed E-state index contributed by atoms with van der Waals surface area (Å²) in [6, 6.07) is 2.84. The van der Waals surface area contributed by atoms with E-state index in [1.54, 1.807) is 7.05 Å². The summed E-state index contributed by atoms with van der Waals surface area (Å²) in [7, 11) is -0.751. The molecular formula is C15H21N3O5S. The van der Waals surface area contributed by atoms with Gasteiger partial charge in [-0.05, 0) is 25.9 Å². The number of hydrogen-bond donors (Lipinski definition) is 2. The molecule has 0 aliphatic carbocycles. The molecule has 9 heteroatoms. The van der Waals surface area contributed by atoms with Crippen molar-refractivity contribution in [3.8, 4) is 11.5 Å². The quantitative estimate of drug-likeness (QED) is 0.811. The van der Waals surface area contributed by atoms with E-state index >= 15 is 0 Å². The molecule has 3 rings (SSSR count). The van der Waals surface area contributed by atoms with E-state index in [2.05, 4.69) is 10.6 Å². The van der Waals surface area contributed by atoms with Crippen molar-refractivity contribution in [1.29, 1.82) is 0 Å². The fraction of sp³-hybridized carbons (Fsp3) is 0.533. The topological polar surface area (TPSA) is 97.0 Å². The third kappa shape index (κ3) is 3.06. The number of methoxy groups -OCH3 is 1. The summed E-state index contributed by atoms with van der Waals surface area (Å²) in [6.07, 6.45) is 1.52. The van der Waals surface area contributed by atoms with Crippen molar-refractivity contribution in [3.05, 3.63) is 12.1 Å². The highest BCUT2D eigenvalue weighted by Crippen LogP contribution is 2.38. The Morgan fingerprint density at radius 3 is 2.67 bits per heavy atom. The van der Waals surface area contributed by atoms with Gasteiger partial charge >= 0.3 is 0 Å². The molecule has 1 fully saturated rings. The standard InChI is InChI=1S/C15H21N3O5S/c1-18(10-3-5-16-6-4-10)24(20,21)14-8-12-11(7-13(14)22-2)17-15(19)9-23-12/h7-8,10,16H,3-6,9H2,1-2H3,(H,17,19). The Balaban J connectivity index is 1.99. The minimum atomic E-state index is -3.74. The van der Waals surface area contributed by atoms with E-state index in [0.717, 1.165) is 25.9 Å². The van der Waals surface area contributed by atoms with Crippen LogP contribution in [0.3, 0.4) is 0 Å². The lowest BCUT2D eigenvalue weighted by Gasteiger charge is -2.31. The second-order valence-electron chi connectivity index (χ2n) is 5.84. The van der Waals surface area contributed by atoms with Crippen LogP contribution in [0.4, 0.5) is 5.69 Å². The number of piperidine rings is 1. The Bertz CT molecular complexity index is 744. The molecule has 0 bridgehead atoms. The Morgan fingerprint density at radius 1 is 1.29 bits per heavy atom. The third-order valence-corrected chi connectivity index (χ3v) is 6.31. The SMILES string of the molecule is COc1cc2c(cc1S(=O)(=O)N(C)C1CCNCC1)OCC(=O)N2. The van der Waals surface area contributed by atoms with E-state index in [-0.39, 0.29) is 29.2 Å². The van der Waals surface area contributed by atoms with E-state index in [4.69, 9.17) is 9.47 Å². The highest BCUT2D eigenvalue weighted by molar-refractivity contribution is 7.89. The summed E-state index contributed by atoms with van der Waals surface area (Å²) in [4.78, 5) is 11.5. The van der Waals surface area contributed by atoms with Gasteiger partial charge in [0.2, 0.25) is 10.0 Å². The normalized spacial score (nSPS) is 18.7. The van der Waals surface area contributed by atoms with Crippen LogP contribution in [0.5, 0.6) is 11.5 Å². The summed E-state index contributed by atoms with van der Waals surface area (Å²) in [5.74, 6) is 0.222. The molecule has 0 atom stereocenters. The van der Waals surface area contributed by atoms with Gasteiger partial charge in [-0.2, -0.15) is 4.31 Å². The van der Waals surface area contributed by atoms with Gasteiger partial charge in [-0.1, -0.05) is 0 Å². The predicted molar refractivity (Wildman–Crippen MR) is 88.0 cm³/mol. The molecule has 2 aliphatic rings. The van der Waals surface area contributed by atoms with Gasteiger partial charge in [-0.3, -0.25) is 4.79 Å². The number of sulfonamides is 1. The van der Waals surface area contributed by atoms with Crippen LogP contribution < -0.4 is 20.1 Å². The van der Waals surface area contributed by atoms with Crippen molar-refractivity contribution in [2.24, 2.45) is 0 Å². The average molecular weight is 355 g/mol. The number of hydrogen-bond acceptors (Lipinski definition) is 6. The number of fused-ring (bicyclic) bond motifs is 1. The molecule has 8 nitrogen and oxygen atoms in total. The van der Waals surface area contributed by atoms with Gasteiger partial charge < -0.3 is 20.1 Å². The van der Waals surface area contributed by atoms with Crippen LogP contribution in [-0.4, -0.2) is 58.5 Å². The minimum Gasteiger partial charge on any atom is -0.495 e. The molecule has 0 unspecified atom stereocenters. The number of rotatable bonds is 4. The van der Waals surface area contributed by atoms with Crippen LogP contribution in [0.15, 0.2) is 17.0 Å². The number of carbonyl (C=O) groups is 1. The summed E-state index contributed by atoms with van der Waals surface area (Å²) in [5.41, 5.74) is 0.409. The second kappa shape index (κ2) is 6.58. The summed E-state index contributed by atoms with van der Waals surface area (Å²) in [5, 5.41) is 5.87. The van der Waals surface area contributed by atoms with Crippen LogP contribution in [-0.2, 0) is 14.8 Å². The fourth-order valence-electron chi connectivity index (χ4n) is 2.97. The first-order chi connectivity index (χ1) is 11.4. The molecule has 0 radical (unpaired) electrons. The predicted octanol–water partition coefficient (Wildman–Crippen LogP) is 0.399. The first-order valence-electron chi connectivity index (χ1n) is 7.77. The monoisotopic (exact) mass is 355 g/mol.